The molecule has 5 heteroatoms. The van der Waals surface area contributed by atoms with E-state index in [1.807, 2.05) is 0 Å². The van der Waals surface area contributed by atoms with Crippen LogP contribution in [-0.4, -0.2) is 23.3 Å². The number of nitrogens with zero attached hydrogens (tertiary/aromatic N) is 1. The quantitative estimate of drug-likeness (QED) is 0.696. The lowest BCUT2D eigenvalue weighted by molar-refractivity contribution is -0.146. The second-order valence-electron chi connectivity index (χ2n) is 2.44. The first kappa shape index (κ1) is 9.51. The molecule has 0 amide bonds. The summed E-state index contributed by atoms with van der Waals surface area (Å²) >= 11 is 3.19. The Balaban J connectivity index is 2.14. The zero-order chi connectivity index (χ0) is 8.97. The van der Waals surface area contributed by atoms with Crippen molar-refractivity contribution >= 4 is 26.5 Å². The van der Waals surface area contributed by atoms with E-state index in [0.29, 0.717) is 12.8 Å². The van der Waals surface area contributed by atoms with Crippen LogP contribution in [0.5, 0.6) is 0 Å². The highest BCUT2D eigenvalue weighted by molar-refractivity contribution is 9.18. The smallest absolute Gasteiger partial charge is 0.305 e. The van der Waals surface area contributed by atoms with Crippen molar-refractivity contribution in [3.8, 4) is 0 Å². The Labute approximate surface area is 79.0 Å². The standard InChI is InChI=1S/C7H10BrNO3/c1-2-7(10)11-4-5-3-6(8)9-12-5/h5H,2-4H2,1H3. The van der Waals surface area contributed by atoms with Gasteiger partial charge in [0.15, 0.2) is 6.10 Å². The highest BCUT2D eigenvalue weighted by Gasteiger charge is 2.20. The van der Waals surface area contributed by atoms with Crippen LogP contribution in [0.1, 0.15) is 19.8 Å². The summed E-state index contributed by atoms with van der Waals surface area (Å²) < 4.78 is 5.63. The van der Waals surface area contributed by atoms with E-state index in [1.165, 1.54) is 0 Å². The van der Waals surface area contributed by atoms with Crippen molar-refractivity contribution in [2.75, 3.05) is 6.61 Å². The fraction of sp³-hybridized carbons (Fsp3) is 0.714. The third-order valence-corrected chi connectivity index (χ3v) is 1.88. The molecule has 0 fully saturated rings. The molecule has 1 heterocycles. The van der Waals surface area contributed by atoms with E-state index in [1.54, 1.807) is 6.92 Å². The van der Waals surface area contributed by atoms with Crippen LogP contribution in [0.25, 0.3) is 0 Å². The van der Waals surface area contributed by atoms with Gasteiger partial charge in [0.05, 0.1) is 0 Å². The van der Waals surface area contributed by atoms with Gasteiger partial charge in [0.25, 0.3) is 0 Å². The molecule has 0 saturated carbocycles. The number of halogens is 1. The van der Waals surface area contributed by atoms with Gasteiger partial charge in [-0.2, -0.15) is 0 Å². The number of rotatable bonds is 3. The maximum atomic E-state index is 10.7. The normalized spacial score (nSPS) is 21.5. The van der Waals surface area contributed by atoms with E-state index in [-0.39, 0.29) is 18.7 Å². The Morgan fingerprint density at radius 3 is 3.17 bits per heavy atom. The second-order valence-corrected chi connectivity index (χ2v) is 3.35. The first-order valence-electron chi connectivity index (χ1n) is 3.76. The van der Waals surface area contributed by atoms with Crippen molar-refractivity contribution in [2.24, 2.45) is 5.16 Å². The zero-order valence-electron chi connectivity index (χ0n) is 6.75. The minimum atomic E-state index is -0.207. The molecule has 0 aromatic carbocycles. The molecule has 1 aliphatic rings. The maximum absolute atomic E-state index is 10.7. The summed E-state index contributed by atoms with van der Waals surface area (Å²) in [5.74, 6) is -0.207. The van der Waals surface area contributed by atoms with Crippen molar-refractivity contribution in [1.29, 1.82) is 0 Å². The molecule has 1 rings (SSSR count). The highest BCUT2D eigenvalue weighted by atomic mass is 79.9. The highest BCUT2D eigenvalue weighted by Crippen LogP contribution is 2.14. The SMILES string of the molecule is CCC(=O)OCC1CC(Br)=NO1. The van der Waals surface area contributed by atoms with Gasteiger partial charge in [0, 0.05) is 12.8 Å². The van der Waals surface area contributed by atoms with Crippen LogP contribution in [0.4, 0.5) is 0 Å². The molecule has 0 aromatic heterocycles. The summed E-state index contributed by atoms with van der Waals surface area (Å²) in [5, 5.41) is 3.66. The van der Waals surface area contributed by atoms with Gasteiger partial charge in [-0.1, -0.05) is 12.1 Å². The van der Waals surface area contributed by atoms with Crippen molar-refractivity contribution < 1.29 is 14.4 Å². The number of hydrogen-bond donors (Lipinski definition) is 0. The molecule has 0 aromatic rings. The van der Waals surface area contributed by atoms with Gasteiger partial charge in [-0.3, -0.25) is 4.79 Å². The average molecular weight is 236 g/mol. The molecular formula is C7H10BrNO3. The predicted molar refractivity (Wildman–Crippen MR) is 47.1 cm³/mol. The van der Waals surface area contributed by atoms with E-state index in [9.17, 15) is 4.79 Å². The predicted octanol–water partition coefficient (Wildman–Crippen LogP) is 1.44. The molecule has 0 spiro atoms. The molecule has 0 N–H and O–H groups in total. The first-order valence-corrected chi connectivity index (χ1v) is 4.55. The van der Waals surface area contributed by atoms with Crippen LogP contribution in [0.2, 0.25) is 0 Å². The molecule has 1 atom stereocenters. The lowest BCUT2D eigenvalue weighted by Gasteiger charge is -2.07. The van der Waals surface area contributed by atoms with E-state index < -0.39 is 0 Å². The summed E-state index contributed by atoms with van der Waals surface area (Å²) in [6, 6.07) is 0. The van der Waals surface area contributed by atoms with E-state index in [0.717, 1.165) is 4.62 Å². The summed E-state index contributed by atoms with van der Waals surface area (Å²) in [5.41, 5.74) is 0. The van der Waals surface area contributed by atoms with Crippen molar-refractivity contribution in [3.63, 3.8) is 0 Å². The molecule has 1 unspecified atom stereocenters. The van der Waals surface area contributed by atoms with Gasteiger partial charge in [-0.15, -0.1) is 0 Å². The Hall–Kier alpha value is -0.580. The molecule has 0 saturated heterocycles. The Kier molecular flexibility index (Phi) is 3.52. The first-order chi connectivity index (χ1) is 5.72. The van der Waals surface area contributed by atoms with Gasteiger partial charge in [-0.05, 0) is 15.9 Å². The van der Waals surface area contributed by atoms with Crippen molar-refractivity contribution in [1.82, 2.24) is 0 Å². The second kappa shape index (κ2) is 4.45. The third kappa shape index (κ3) is 2.81. The number of oxime groups is 1. The summed E-state index contributed by atoms with van der Waals surface area (Å²) in [7, 11) is 0. The molecule has 1 aliphatic heterocycles. The van der Waals surface area contributed by atoms with Crippen molar-refractivity contribution in [2.45, 2.75) is 25.9 Å². The van der Waals surface area contributed by atoms with E-state index in [2.05, 4.69) is 21.1 Å². The van der Waals surface area contributed by atoms with Gasteiger partial charge in [0.1, 0.15) is 11.2 Å². The maximum Gasteiger partial charge on any atom is 0.305 e. The summed E-state index contributed by atoms with van der Waals surface area (Å²) in [4.78, 5) is 15.6. The van der Waals surface area contributed by atoms with Gasteiger partial charge >= 0.3 is 5.97 Å². The lowest BCUT2D eigenvalue weighted by Crippen LogP contribution is -2.17. The molecule has 12 heavy (non-hydrogen) atoms. The number of hydrogen-bond acceptors (Lipinski definition) is 4. The number of ether oxygens (including phenoxy) is 1. The number of carbonyl (C=O) groups is 1. The van der Waals surface area contributed by atoms with Crippen LogP contribution < -0.4 is 0 Å². The molecule has 68 valence electrons. The van der Waals surface area contributed by atoms with Gasteiger partial charge in [-0.25, -0.2) is 0 Å². The largest absolute Gasteiger partial charge is 0.462 e. The van der Waals surface area contributed by atoms with Crippen molar-refractivity contribution in [3.05, 3.63) is 0 Å². The molecular weight excluding hydrogens is 226 g/mol. The monoisotopic (exact) mass is 235 g/mol. The van der Waals surface area contributed by atoms with Crippen LogP contribution in [0.15, 0.2) is 5.16 Å². The van der Waals surface area contributed by atoms with Gasteiger partial charge in [0.2, 0.25) is 0 Å². The number of esters is 1. The Bertz CT molecular complexity index is 205. The zero-order valence-corrected chi connectivity index (χ0v) is 8.33. The minimum Gasteiger partial charge on any atom is -0.462 e. The Morgan fingerprint density at radius 1 is 1.92 bits per heavy atom. The fourth-order valence-electron chi connectivity index (χ4n) is 0.771. The fourth-order valence-corrected chi connectivity index (χ4v) is 1.22. The summed E-state index contributed by atoms with van der Waals surface area (Å²) in [6.45, 7) is 2.04. The van der Waals surface area contributed by atoms with E-state index in [4.69, 9.17) is 9.57 Å². The summed E-state index contributed by atoms with van der Waals surface area (Å²) in [6.07, 6.45) is 0.959. The lowest BCUT2D eigenvalue weighted by atomic mass is 10.3. The minimum absolute atomic E-state index is 0.116. The average Bonchev–Trinajstić information content (AvgIpc) is 2.47. The molecule has 0 radical (unpaired) electrons. The van der Waals surface area contributed by atoms with Crippen LogP contribution in [0, 0.1) is 0 Å². The molecule has 0 bridgehead atoms. The third-order valence-electron chi connectivity index (χ3n) is 1.42. The number of carbonyl (C=O) groups excluding carboxylic acids is 1. The molecule has 4 nitrogen and oxygen atoms in total. The Morgan fingerprint density at radius 2 is 2.67 bits per heavy atom. The van der Waals surface area contributed by atoms with Crippen LogP contribution in [-0.2, 0) is 14.4 Å². The van der Waals surface area contributed by atoms with Crippen LogP contribution >= 0.6 is 15.9 Å². The van der Waals surface area contributed by atoms with Gasteiger partial charge < -0.3 is 9.57 Å². The topological polar surface area (TPSA) is 47.9 Å². The van der Waals surface area contributed by atoms with Crippen LogP contribution in [0.3, 0.4) is 0 Å². The van der Waals surface area contributed by atoms with E-state index >= 15 is 0 Å². The molecule has 0 aliphatic carbocycles.